The summed E-state index contributed by atoms with van der Waals surface area (Å²) in [7, 11) is 1.77. The van der Waals surface area contributed by atoms with Crippen LogP contribution in [-0.2, 0) is 6.54 Å². The number of benzene rings is 1. The maximum atomic E-state index is 12.7. The average Bonchev–Trinajstić information content (AvgIpc) is 3.14. The van der Waals surface area contributed by atoms with Gasteiger partial charge in [-0.2, -0.15) is 0 Å². The quantitative estimate of drug-likeness (QED) is 0.731. The van der Waals surface area contributed by atoms with Crippen LogP contribution in [0.2, 0.25) is 0 Å². The van der Waals surface area contributed by atoms with Gasteiger partial charge in [0.1, 0.15) is 5.82 Å². The zero-order valence-electron chi connectivity index (χ0n) is 15.1. The molecule has 1 N–H and O–H groups in total. The molecule has 0 saturated heterocycles. The number of hydrogen-bond donors (Lipinski definition) is 1. The van der Waals surface area contributed by atoms with Gasteiger partial charge < -0.3 is 14.6 Å². The second kappa shape index (κ2) is 7.82. The Morgan fingerprint density at radius 2 is 2.12 bits per heavy atom. The number of furan rings is 1. The molecule has 1 aromatic carbocycles. The van der Waals surface area contributed by atoms with E-state index in [1.54, 1.807) is 36.7 Å². The largest absolute Gasteiger partial charge is 0.472 e. The van der Waals surface area contributed by atoms with E-state index in [-0.39, 0.29) is 11.9 Å². The number of aromatic nitrogens is 2. The molecule has 1 amide bonds. The van der Waals surface area contributed by atoms with E-state index in [2.05, 4.69) is 29.1 Å². The number of carbonyl (C=O) groups is 1. The maximum Gasteiger partial charge on any atom is 0.253 e. The van der Waals surface area contributed by atoms with E-state index in [1.165, 1.54) is 0 Å². The molecule has 3 aromatic rings. The third-order valence-electron chi connectivity index (χ3n) is 3.81. The highest BCUT2D eigenvalue weighted by Gasteiger charge is 2.14. The Balaban J connectivity index is 1.80. The molecule has 0 saturated carbocycles. The summed E-state index contributed by atoms with van der Waals surface area (Å²) >= 11 is 0. The molecule has 134 valence electrons. The number of rotatable bonds is 6. The van der Waals surface area contributed by atoms with E-state index in [1.807, 2.05) is 30.3 Å². The summed E-state index contributed by atoms with van der Waals surface area (Å²) in [4.78, 5) is 23.2. The minimum Gasteiger partial charge on any atom is -0.472 e. The summed E-state index contributed by atoms with van der Waals surface area (Å²) < 4.78 is 5.06. The van der Waals surface area contributed by atoms with Crippen molar-refractivity contribution in [2.24, 2.45) is 0 Å². The molecule has 0 radical (unpaired) electrons. The fourth-order valence-electron chi connectivity index (χ4n) is 2.61. The summed E-state index contributed by atoms with van der Waals surface area (Å²) in [5.41, 5.74) is 2.35. The predicted molar refractivity (Wildman–Crippen MR) is 101 cm³/mol. The van der Waals surface area contributed by atoms with E-state index < -0.39 is 0 Å². The van der Waals surface area contributed by atoms with Crippen LogP contribution in [0.5, 0.6) is 0 Å². The molecular weight excluding hydrogens is 328 g/mol. The molecule has 0 aliphatic heterocycles. The molecule has 26 heavy (non-hydrogen) atoms. The highest BCUT2D eigenvalue weighted by molar-refractivity contribution is 5.95. The van der Waals surface area contributed by atoms with Crippen molar-refractivity contribution in [3.05, 3.63) is 66.2 Å². The number of nitrogens with zero attached hydrogens (tertiary/aromatic N) is 3. The normalized spacial score (nSPS) is 10.8. The lowest BCUT2D eigenvalue weighted by Crippen LogP contribution is -2.26. The molecule has 0 bridgehead atoms. The van der Waals surface area contributed by atoms with Crippen molar-refractivity contribution in [2.45, 2.75) is 26.4 Å². The van der Waals surface area contributed by atoms with Gasteiger partial charge in [-0.15, -0.1) is 0 Å². The van der Waals surface area contributed by atoms with Gasteiger partial charge in [0.15, 0.2) is 5.82 Å². The summed E-state index contributed by atoms with van der Waals surface area (Å²) in [6.45, 7) is 4.59. The minimum absolute atomic E-state index is 0.0653. The minimum atomic E-state index is -0.0653. The fraction of sp³-hybridized carbons (Fsp3) is 0.250. The van der Waals surface area contributed by atoms with Gasteiger partial charge in [0, 0.05) is 42.5 Å². The fourth-order valence-corrected chi connectivity index (χ4v) is 2.61. The second-order valence-corrected chi connectivity index (χ2v) is 6.44. The number of hydrogen-bond acceptors (Lipinski definition) is 5. The standard InChI is InChI=1S/C20H22N4O2/c1-14(2)22-18-7-9-21-19(23-18)16-5-4-6-17(11-16)20(25)24(3)12-15-8-10-26-13-15/h4-11,13-14H,12H2,1-3H3,(H,21,22,23). The molecule has 0 aliphatic carbocycles. The average molecular weight is 350 g/mol. The van der Waals surface area contributed by atoms with Crippen LogP contribution >= 0.6 is 0 Å². The van der Waals surface area contributed by atoms with Crippen LogP contribution < -0.4 is 5.32 Å². The van der Waals surface area contributed by atoms with Crippen LogP contribution in [0.15, 0.2) is 59.5 Å². The topological polar surface area (TPSA) is 71.3 Å². The van der Waals surface area contributed by atoms with Gasteiger partial charge in [0.2, 0.25) is 0 Å². The number of nitrogens with one attached hydrogen (secondary N) is 1. The predicted octanol–water partition coefficient (Wildman–Crippen LogP) is 3.83. The summed E-state index contributed by atoms with van der Waals surface area (Å²) in [6, 6.07) is 11.3. The Labute approximate surface area is 152 Å². The SMILES string of the molecule is CC(C)Nc1ccnc(-c2cccc(C(=O)N(C)Cc3ccoc3)c2)n1. The van der Waals surface area contributed by atoms with Crippen LogP contribution in [0, 0.1) is 0 Å². The first kappa shape index (κ1) is 17.7. The Bertz CT molecular complexity index is 875. The molecule has 2 heterocycles. The summed E-state index contributed by atoms with van der Waals surface area (Å²) in [6.07, 6.45) is 4.96. The van der Waals surface area contributed by atoms with Crippen molar-refractivity contribution in [3.8, 4) is 11.4 Å². The smallest absolute Gasteiger partial charge is 0.253 e. The van der Waals surface area contributed by atoms with Crippen LogP contribution in [-0.4, -0.2) is 33.9 Å². The Morgan fingerprint density at radius 3 is 2.85 bits per heavy atom. The van der Waals surface area contributed by atoms with Crippen molar-refractivity contribution in [1.82, 2.24) is 14.9 Å². The van der Waals surface area contributed by atoms with Gasteiger partial charge in [-0.05, 0) is 38.1 Å². The molecule has 0 spiro atoms. The van der Waals surface area contributed by atoms with E-state index in [0.717, 1.165) is 16.9 Å². The lowest BCUT2D eigenvalue weighted by atomic mass is 10.1. The second-order valence-electron chi connectivity index (χ2n) is 6.44. The lowest BCUT2D eigenvalue weighted by molar-refractivity contribution is 0.0785. The van der Waals surface area contributed by atoms with Crippen molar-refractivity contribution in [1.29, 1.82) is 0 Å². The van der Waals surface area contributed by atoms with Gasteiger partial charge in [0.25, 0.3) is 5.91 Å². The molecule has 0 aliphatic rings. The third-order valence-corrected chi connectivity index (χ3v) is 3.81. The van der Waals surface area contributed by atoms with Crippen molar-refractivity contribution in [3.63, 3.8) is 0 Å². The molecule has 6 heteroatoms. The van der Waals surface area contributed by atoms with Gasteiger partial charge in [-0.1, -0.05) is 12.1 Å². The van der Waals surface area contributed by atoms with E-state index in [4.69, 9.17) is 4.42 Å². The van der Waals surface area contributed by atoms with Gasteiger partial charge in [-0.25, -0.2) is 9.97 Å². The monoisotopic (exact) mass is 350 g/mol. The molecule has 2 aromatic heterocycles. The van der Waals surface area contributed by atoms with Crippen molar-refractivity contribution in [2.75, 3.05) is 12.4 Å². The van der Waals surface area contributed by atoms with Gasteiger partial charge in [0.05, 0.1) is 12.5 Å². The van der Waals surface area contributed by atoms with Crippen molar-refractivity contribution >= 4 is 11.7 Å². The Kier molecular flexibility index (Phi) is 5.31. The zero-order chi connectivity index (χ0) is 18.5. The zero-order valence-corrected chi connectivity index (χ0v) is 15.1. The number of anilines is 1. The van der Waals surface area contributed by atoms with Crippen LogP contribution in [0.25, 0.3) is 11.4 Å². The van der Waals surface area contributed by atoms with Crippen LogP contribution in [0.4, 0.5) is 5.82 Å². The number of carbonyl (C=O) groups excluding carboxylic acids is 1. The highest BCUT2D eigenvalue weighted by Crippen LogP contribution is 2.19. The molecule has 0 unspecified atom stereocenters. The summed E-state index contributed by atoms with van der Waals surface area (Å²) in [5, 5.41) is 3.26. The van der Waals surface area contributed by atoms with Crippen LogP contribution in [0.1, 0.15) is 29.8 Å². The highest BCUT2D eigenvalue weighted by atomic mass is 16.3. The third kappa shape index (κ3) is 4.27. The van der Waals surface area contributed by atoms with Crippen molar-refractivity contribution < 1.29 is 9.21 Å². The first-order valence-electron chi connectivity index (χ1n) is 8.49. The molecule has 3 rings (SSSR count). The lowest BCUT2D eigenvalue weighted by Gasteiger charge is -2.16. The molecular formula is C20H22N4O2. The molecule has 6 nitrogen and oxygen atoms in total. The summed E-state index contributed by atoms with van der Waals surface area (Å²) in [5.74, 6) is 1.28. The first-order chi connectivity index (χ1) is 12.5. The van der Waals surface area contributed by atoms with Gasteiger partial charge >= 0.3 is 0 Å². The van der Waals surface area contributed by atoms with E-state index >= 15 is 0 Å². The van der Waals surface area contributed by atoms with E-state index in [0.29, 0.717) is 17.9 Å². The first-order valence-corrected chi connectivity index (χ1v) is 8.49. The molecule has 0 atom stereocenters. The van der Waals surface area contributed by atoms with Gasteiger partial charge in [-0.3, -0.25) is 4.79 Å². The van der Waals surface area contributed by atoms with E-state index in [9.17, 15) is 4.79 Å². The number of amides is 1. The maximum absolute atomic E-state index is 12.7. The molecule has 0 fully saturated rings. The van der Waals surface area contributed by atoms with Crippen LogP contribution in [0.3, 0.4) is 0 Å². The Morgan fingerprint density at radius 1 is 1.27 bits per heavy atom. The Hall–Kier alpha value is -3.15.